The smallest absolute Gasteiger partial charge is 0.388 e. The van der Waals surface area contributed by atoms with Crippen molar-refractivity contribution in [2.45, 2.75) is 0 Å². The van der Waals surface area contributed by atoms with Crippen molar-refractivity contribution in [1.29, 1.82) is 0 Å². The van der Waals surface area contributed by atoms with Crippen LogP contribution in [-0.4, -0.2) is 20.9 Å². The molecule has 0 spiro atoms. The molecule has 3 nitrogen and oxygen atoms in total. The summed E-state index contributed by atoms with van der Waals surface area (Å²) in [5, 5.41) is 0. The molecule has 0 unspecified atom stereocenters. The largest absolute Gasteiger partial charge is 0.416 e. The zero-order chi connectivity index (χ0) is 37.6. The second-order valence-electron chi connectivity index (χ2n) is 12.7. The SMILES string of the molecule is C#Cc1ccc(B2N(c3ccc(C#C)cc3)B(c3ccc(C#C)cc3)N(c3ccc(C#C)cc3)B(c3ccc(C#C)cc3)N2c2ccc(C#C)cc2)cc1. The lowest BCUT2D eigenvalue weighted by Crippen LogP contribution is -2.86. The predicted molar refractivity (Wildman–Crippen MR) is 230 cm³/mol. The van der Waals surface area contributed by atoms with E-state index in [1.807, 2.05) is 72.8 Å². The molecule has 1 heterocycles. The minimum Gasteiger partial charge on any atom is -0.416 e. The molecule has 0 saturated carbocycles. The highest BCUT2D eigenvalue weighted by molar-refractivity contribution is 7.14. The number of benzene rings is 6. The van der Waals surface area contributed by atoms with Crippen molar-refractivity contribution in [3.63, 3.8) is 0 Å². The molecule has 0 aliphatic carbocycles. The molecule has 0 bridgehead atoms. The molecule has 0 N–H and O–H groups in total. The Labute approximate surface area is 320 Å². The predicted octanol–water partition coefficient (Wildman–Crippen LogP) is 5.59. The number of nitrogens with zero attached hydrogens (tertiary/aromatic N) is 3. The third-order valence-electron chi connectivity index (χ3n) is 9.70. The second kappa shape index (κ2) is 15.3. The Morgan fingerprint density at radius 1 is 0.259 bits per heavy atom. The molecule has 7 rings (SSSR count). The van der Waals surface area contributed by atoms with Gasteiger partial charge in [-0.1, -0.05) is 71.9 Å². The first-order chi connectivity index (χ1) is 26.5. The highest BCUT2D eigenvalue weighted by atomic mass is 15.3. The number of terminal acetylenes is 6. The van der Waals surface area contributed by atoms with Gasteiger partial charge in [-0.25, -0.2) is 0 Å². The van der Waals surface area contributed by atoms with Crippen molar-refractivity contribution in [2.24, 2.45) is 0 Å². The van der Waals surface area contributed by atoms with Gasteiger partial charge in [0.15, 0.2) is 0 Å². The van der Waals surface area contributed by atoms with Crippen LogP contribution in [0.1, 0.15) is 33.4 Å². The van der Waals surface area contributed by atoms with Crippen LogP contribution in [0.4, 0.5) is 17.1 Å². The lowest BCUT2D eigenvalue weighted by atomic mass is 9.37. The minimum absolute atomic E-state index is 0.416. The molecular formula is C48H30B3N3. The molecule has 54 heavy (non-hydrogen) atoms. The lowest BCUT2D eigenvalue weighted by Gasteiger charge is -2.57. The van der Waals surface area contributed by atoms with Crippen molar-refractivity contribution in [1.82, 2.24) is 0 Å². The van der Waals surface area contributed by atoms with Gasteiger partial charge >= 0.3 is 20.9 Å². The van der Waals surface area contributed by atoms with Crippen LogP contribution in [0.3, 0.4) is 0 Å². The van der Waals surface area contributed by atoms with Gasteiger partial charge in [-0.15, -0.1) is 38.5 Å². The summed E-state index contributed by atoms with van der Waals surface area (Å²) in [6.07, 6.45) is 35.2. The maximum atomic E-state index is 5.87. The third-order valence-corrected chi connectivity index (χ3v) is 9.70. The molecule has 0 amide bonds. The monoisotopic (exact) mass is 681 g/mol. The Kier molecular flexibility index (Phi) is 9.81. The summed E-state index contributed by atoms with van der Waals surface area (Å²) < 4.78 is 7.23. The number of anilines is 3. The molecule has 6 heteroatoms. The van der Waals surface area contributed by atoms with E-state index in [0.717, 1.165) is 66.8 Å². The van der Waals surface area contributed by atoms with E-state index in [2.05, 4.69) is 122 Å². The van der Waals surface area contributed by atoms with Gasteiger partial charge in [-0.3, -0.25) is 0 Å². The summed E-state index contributed by atoms with van der Waals surface area (Å²) in [6, 6.07) is 48.7. The number of hydrogen-bond donors (Lipinski definition) is 0. The van der Waals surface area contributed by atoms with Gasteiger partial charge in [0.1, 0.15) is 0 Å². The fraction of sp³-hybridized carbons (Fsp3) is 0. The van der Waals surface area contributed by atoms with Crippen molar-refractivity contribution in [3.05, 3.63) is 179 Å². The molecule has 246 valence electrons. The molecule has 6 aromatic rings. The zero-order valence-electron chi connectivity index (χ0n) is 29.4. The average Bonchev–Trinajstić information content (AvgIpc) is 3.25. The topological polar surface area (TPSA) is 9.72 Å². The van der Waals surface area contributed by atoms with Gasteiger partial charge in [-0.2, -0.15) is 0 Å². The standard InChI is InChI=1S/C48H30B3N3/c1-7-37-13-25-43(26-14-37)49-52(46-31-19-40(10-4)20-32-46)50(44-27-15-38(8-2)16-28-44)54(48-35-23-42(12-6)24-36-48)51(45-29-17-39(9-3)18-30-45)53(49)47-33-21-41(11-5)22-34-47/h1-6,13-36H. The van der Waals surface area contributed by atoms with Gasteiger partial charge in [0, 0.05) is 50.4 Å². The van der Waals surface area contributed by atoms with E-state index < -0.39 is 20.9 Å². The highest BCUT2D eigenvalue weighted by Crippen LogP contribution is 2.34. The van der Waals surface area contributed by atoms with E-state index >= 15 is 0 Å². The Hall–Kier alpha value is -7.73. The summed E-state index contributed by atoms with van der Waals surface area (Å²) in [5.41, 5.74) is 10.5. The van der Waals surface area contributed by atoms with Gasteiger partial charge in [0.2, 0.25) is 0 Å². The number of rotatable bonds is 6. The van der Waals surface area contributed by atoms with Crippen LogP contribution < -0.4 is 30.6 Å². The average molecular weight is 681 g/mol. The summed E-state index contributed by atoms with van der Waals surface area (Å²) >= 11 is 0. The zero-order valence-corrected chi connectivity index (χ0v) is 29.4. The molecule has 1 aliphatic heterocycles. The molecule has 1 fully saturated rings. The Balaban J connectivity index is 1.62. The quantitative estimate of drug-likeness (QED) is 0.168. The van der Waals surface area contributed by atoms with Crippen LogP contribution in [0.2, 0.25) is 0 Å². The minimum atomic E-state index is -0.416. The Morgan fingerprint density at radius 3 is 0.593 bits per heavy atom. The molecule has 1 saturated heterocycles. The summed E-state index contributed by atoms with van der Waals surface area (Å²) in [6.45, 7) is -1.25. The van der Waals surface area contributed by atoms with E-state index in [0.29, 0.717) is 0 Å². The third kappa shape index (κ3) is 6.58. The molecular weight excluding hydrogens is 651 g/mol. The molecule has 0 aromatic heterocycles. The van der Waals surface area contributed by atoms with E-state index in [4.69, 9.17) is 38.5 Å². The normalized spacial score (nSPS) is 12.1. The van der Waals surface area contributed by atoms with E-state index in [9.17, 15) is 0 Å². The summed E-state index contributed by atoms with van der Waals surface area (Å²) in [7, 11) is 0. The van der Waals surface area contributed by atoms with Crippen LogP contribution in [0.25, 0.3) is 0 Å². The van der Waals surface area contributed by atoms with Gasteiger partial charge in [-0.05, 0) is 126 Å². The van der Waals surface area contributed by atoms with Gasteiger partial charge < -0.3 is 14.2 Å². The number of hydrogen-bond acceptors (Lipinski definition) is 3. The van der Waals surface area contributed by atoms with Crippen LogP contribution in [0, 0.1) is 74.1 Å². The summed E-state index contributed by atoms with van der Waals surface area (Å²) in [4.78, 5) is 0. The van der Waals surface area contributed by atoms with Gasteiger partial charge in [0.25, 0.3) is 0 Å². The first kappa shape index (κ1) is 34.7. The van der Waals surface area contributed by atoms with E-state index in [1.54, 1.807) is 0 Å². The van der Waals surface area contributed by atoms with Crippen molar-refractivity contribution in [2.75, 3.05) is 14.2 Å². The summed E-state index contributed by atoms with van der Waals surface area (Å²) in [5.74, 6) is 16.7. The Bertz CT molecular complexity index is 2060. The van der Waals surface area contributed by atoms with Crippen molar-refractivity contribution < 1.29 is 0 Å². The van der Waals surface area contributed by atoms with Crippen LogP contribution in [0.15, 0.2) is 146 Å². The maximum absolute atomic E-state index is 5.87. The molecule has 1 aliphatic rings. The highest BCUT2D eigenvalue weighted by Gasteiger charge is 2.55. The van der Waals surface area contributed by atoms with E-state index in [-0.39, 0.29) is 0 Å². The van der Waals surface area contributed by atoms with Crippen LogP contribution in [-0.2, 0) is 0 Å². The fourth-order valence-corrected chi connectivity index (χ4v) is 7.06. The van der Waals surface area contributed by atoms with Crippen molar-refractivity contribution in [3.8, 4) is 74.1 Å². The van der Waals surface area contributed by atoms with Crippen LogP contribution >= 0.6 is 0 Å². The Morgan fingerprint density at radius 2 is 0.426 bits per heavy atom. The molecule has 0 atom stereocenters. The maximum Gasteiger partial charge on any atom is 0.388 e. The fourth-order valence-electron chi connectivity index (χ4n) is 7.06. The first-order valence-electron chi connectivity index (χ1n) is 17.2. The second-order valence-corrected chi connectivity index (χ2v) is 12.7. The first-order valence-corrected chi connectivity index (χ1v) is 17.2. The molecule has 0 radical (unpaired) electrons. The lowest BCUT2D eigenvalue weighted by molar-refractivity contribution is 1.29. The van der Waals surface area contributed by atoms with Gasteiger partial charge in [0.05, 0.1) is 0 Å². The van der Waals surface area contributed by atoms with E-state index in [1.165, 1.54) is 0 Å². The van der Waals surface area contributed by atoms with Crippen molar-refractivity contribution >= 4 is 54.4 Å². The van der Waals surface area contributed by atoms with Crippen LogP contribution in [0.5, 0.6) is 0 Å². The molecule has 6 aromatic carbocycles.